The van der Waals surface area contributed by atoms with Crippen LogP contribution in [0.3, 0.4) is 0 Å². The van der Waals surface area contributed by atoms with Crippen LogP contribution < -0.4 is 5.32 Å². The molecule has 0 aliphatic heterocycles. The van der Waals surface area contributed by atoms with Crippen molar-refractivity contribution in [1.29, 1.82) is 0 Å². The number of hydrogen-bond acceptors (Lipinski definition) is 1. The fraction of sp³-hybridized carbons (Fsp3) is 0.611. The van der Waals surface area contributed by atoms with Crippen LogP contribution in [0.15, 0.2) is 24.3 Å². The monoisotopic (exact) mass is 357 g/mol. The molecule has 0 spiro atoms. The van der Waals surface area contributed by atoms with E-state index in [2.05, 4.69) is 5.32 Å². The maximum atomic E-state index is 13.1. The van der Waals surface area contributed by atoms with Gasteiger partial charge >= 0.3 is 6.18 Å². The Balaban J connectivity index is 1.62. The highest BCUT2D eigenvalue weighted by Gasteiger charge is 2.60. The van der Waals surface area contributed by atoms with Crippen LogP contribution in [-0.2, 0) is 11.0 Å². The fourth-order valence-electron chi connectivity index (χ4n) is 5.51. The highest BCUT2D eigenvalue weighted by atomic mass is 35.5. The van der Waals surface area contributed by atoms with Gasteiger partial charge in [-0.25, -0.2) is 0 Å². The second-order valence-electron chi connectivity index (χ2n) is 7.89. The third kappa shape index (κ3) is 2.61. The Morgan fingerprint density at radius 3 is 2.33 bits per heavy atom. The number of halogens is 4. The highest BCUT2D eigenvalue weighted by molar-refractivity contribution is 6.24. The van der Waals surface area contributed by atoms with Gasteiger partial charge in [0, 0.05) is 4.87 Å². The standard InChI is InChI=1S/C18H19ClF3NO/c19-17-8-11-5-12(9-17)7-16(6-11,10-17)15(24)23-14-4-2-1-3-13(14)18(20,21)22/h1-4,11-12H,5-10H2,(H,23,24)/t11-,12-,16?,17?/m1/s1. The molecule has 1 aromatic rings. The van der Waals surface area contributed by atoms with Crippen LogP contribution in [0.25, 0.3) is 0 Å². The first-order chi connectivity index (χ1) is 11.2. The van der Waals surface area contributed by atoms with Crippen molar-refractivity contribution < 1.29 is 18.0 Å². The van der Waals surface area contributed by atoms with Crippen LogP contribution in [0.4, 0.5) is 18.9 Å². The largest absolute Gasteiger partial charge is 0.418 e. The van der Waals surface area contributed by atoms with E-state index in [4.69, 9.17) is 11.6 Å². The molecular weight excluding hydrogens is 339 g/mol. The molecule has 0 heterocycles. The SMILES string of the molecule is O=C(Nc1ccccc1C(F)(F)F)C12C[C@H]3C[C@@H](CC(Cl)(C3)C1)C2. The zero-order chi connectivity index (χ0) is 17.2. The molecule has 0 saturated heterocycles. The van der Waals surface area contributed by atoms with E-state index in [0.717, 1.165) is 38.2 Å². The van der Waals surface area contributed by atoms with E-state index in [9.17, 15) is 18.0 Å². The number of benzene rings is 1. The summed E-state index contributed by atoms with van der Waals surface area (Å²) in [6.45, 7) is 0. The Labute approximate surface area is 143 Å². The molecule has 2 atom stereocenters. The van der Waals surface area contributed by atoms with E-state index in [1.807, 2.05) is 0 Å². The van der Waals surface area contributed by atoms with Gasteiger partial charge in [-0.1, -0.05) is 12.1 Å². The molecule has 2 nitrogen and oxygen atoms in total. The molecule has 4 aliphatic carbocycles. The van der Waals surface area contributed by atoms with Crippen LogP contribution >= 0.6 is 11.6 Å². The number of carbonyl (C=O) groups excluding carboxylic acids is 1. The number of nitrogens with one attached hydrogen (secondary N) is 1. The summed E-state index contributed by atoms with van der Waals surface area (Å²) >= 11 is 6.71. The molecule has 0 unspecified atom stereocenters. The van der Waals surface area contributed by atoms with Gasteiger partial charge in [0.05, 0.1) is 16.7 Å². The normalized spacial score (nSPS) is 37.5. The summed E-state index contributed by atoms with van der Waals surface area (Å²) in [7, 11) is 0. The Morgan fingerprint density at radius 1 is 1.12 bits per heavy atom. The second-order valence-corrected chi connectivity index (χ2v) is 8.69. The predicted molar refractivity (Wildman–Crippen MR) is 85.8 cm³/mol. The lowest BCUT2D eigenvalue weighted by molar-refractivity contribution is -0.139. The van der Waals surface area contributed by atoms with E-state index in [1.54, 1.807) is 0 Å². The molecule has 24 heavy (non-hydrogen) atoms. The topological polar surface area (TPSA) is 29.1 Å². The van der Waals surface area contributed by atoms with Crippen LogP contribution in [0.5, 0.6) is 0 Å². The molecule has 0 aromatic heterocycles. The van der Waals surface area contributed by atoms with Crippen molar-refractivity contribution in [3.63, 3.8) is 0 Å². The molecule has 0 radical (unpaired) electrons. The van der Waals surface area contributed by atoms with Crippen molar-refractivity contribution in [2.75, 3.05) is 5.32 Å². The van der Waals surface area contributed by atoms with Crippen LogP contribution in [0.1, 0.15) is 44.1 Å². The smallest absolute Gasteiger partial charge is 0.325 e. The zero-order valence-corrected chi connectivity index (χ0v) is 13.9. The first kappa shape index (κ1) is 16.2. The summed E-state index contributed by atoms with van der Waals surface area (Å²) in [5.41, 5.74) is -1.57. The molecule has 4 fully saturated rings. The van der Waals surface area contributed by atoms with Crippen LogP contribution in [0, 0.1) is 17.3 Å². The summed E-state index contributed by atoms with van der Waals surface area (Å²) in [6, 6.07) is 5.15. The van der Waals surface area contributed by atoms with Crippen molar-refractivity contribution >= 4 is 23.2 Å². The molecule has 1 N–H and O–H groups in total. The maximum Gasteiger partial charge on any atom is 0.418 e. The fourth-order valence-corrected chi connectivity index (χ4v) is 6.20. The Bertz CT molecular complexity index is 673. The van der Waals surface area contributed by atoms with Gasteiger partial charge in [0.15, 0.2) is 0 Å². The molecule has 1 aromatic carbocycles. The average Bonchev–Trinajstić information content (AvgIpc) is 2.44. The van der Waals surface area contributed by atoms with Crippen molar-refractivity contribution in [2.45, 2.75) is 49.6 Å². The number of carbonyl (C=O) groups is 1. The summed E-state index contributed by atoms with van der Waals surface area (Å²) in [5, 5.41) is 2.57. The minimum atomic E-state index is -4.49. The lowest BCUT2D eigenvalue weighted by Gasteiger charge is -2.59. The van der Waals surface area contributed by atoms with E-state index in [0.29, 0.717) is 18.3 Å². The number of rotatable bonds is 2. The molecule has 5 rings (SSSR count). The molecule has 4 bridgehead atoms. The van der Waals surface area contributed by atoms with Crippen molar-refractivity contribution in [3.05, 3.63) is 29.8 Å². The van der Waals surface area contributed by atoms with Gasteiger partial charge in [0.1, 0.15) is 0 Å². The number of alkyl halides is 4. The first-order valence-electron chi connectivity index (χ1n) is 8.36. The highest BCUT2D eigenvalue weighted by Crippen LogP contribution is 2.64. The molecular formula is C18H19ClF3NO. The van der Waals surface area contributed by atoms with Crippen molar-refractivity contribution in [2.24, 2.45) is 17.3 Å². The Kier molecular flexibility index (Phi) is 3.48. The van der Waals surface area contributed by atoms with Gasteiger partial charge in [-0.2, -0.15) is 13.2 Å². The minimum absolute atomic E-state index is 0.158. The van der Waals surface area contributed by atoms with Gasteiger partial charge in [-0.3, -0.25) is 4.79 Å². The van der Waals surface area contributed by atoms with Gasteiger partial charge in [0.25, 0.3) is 0 Å². The maximum absolute atomic E-state index is 13.1. The zero-order valence-electron chi connectivity index (χ0n) is 13.1. The quantitative estimate of drug-likeness (QED) is 0.722. The third-order valence-electron chi connectivity index (χ3n) is 5.95. The number of anilines is 1. The first-order valence-corrected chi connectivity index (χ1v) is 8.74. The van der Waals surface area contributed by atoms with Crippen LogP contribution in [0.2, 0.25) is 0 Å². The average molecular weight is 358 g/mol. The minimum Gasteiger partial charge on any atom is -0.325 e. The van der Waals surface area contributed by atoms with Crippen molar-refractivity contribution in [3.8, 4) is 0 Å². The molecule has 4 saturated carbocycles. The van der Waals surface area contributed by atoms with Gasteiger partial charge in [-0.05, 0) is 62.5 Å². The molecule has 4 aliphatic rings. The molecule has 1 amide bonds. The number of para-hydroxylation sites is 1. The third-order valence-corrected chi connectivity index (χ3v) is 6.39. The summed E-state index contributed by atoms with van der Waals surface area (Å²) < 4.78 is 39.4. The predicted octanol–water partition coefficient (Wildman–Crippen LogP) is 5.22. The van der Waals surface area contributed by atoms with Gasteiger partial charge in [0.2, 0.25) is 5.91 Å². The molecule has 6 heteroatoms. The summed E-state index contributed by atoms with van der Waals surface area (Å²) in [5.74, 6) is 0.554. The lowest BCUT2D eigenvalue weighted by Crippen LogP contribution is -2.57. The lowest BCUT2D eigenvalue weighted by atomic mass is 9.49. The second kappa shape index (κ2) is 5.13. The Hall–Kier alpha value is -1.23. The van der Waals surface area contributed by atoms with E-state index >= 15 is 0 Å². The van der Waals surface area contributed by atoms with E-state index in [-0.39, 0.29) is 16.5 Å². The van der Waals surface area contributed by atoms with Gasteiger partial charge in [-0.15, -0.1) is 11.6 Å². The van der Waals surface area contributed by atoms with Crippen molar-refractivity contribution in [1.82, 2.24) is 0 Å². The summed E-state index contributed by atoms with van der Waals surface area (Å²) in [6.07, 6.45) is 0.546. The van der Waals surface area contributed by atoms with Gasteiger partial charge < -0.3 is 5.32 Å². The van der Waals surface area contributed by atoms with E-state index < -0.39 is 17.2 Å². The number of hydrogen-bond donors (Lipinski definition) is 1. The van der Waals surface area contributed by atoms with E-state index in [1.165, 1.54) is 18.2 Å². The molecule has 130 valence electrons. The van der Waals surface area contributed by atoms with Crippen LogP contribution in [-0.4, -0.2) is 10.8 Å². The number of amides is 1. The Morgan fingerprint density at radius 2 is 1.75 bits per heavy atom. The summed E-state index contributed by atoms with van der Waals surface area (Å²) in [4.78, 5) is 12.6.